The molecule has 1 atom stereocenters. The fourth-order valence-electron chi connectivity index (χ4n) is 5.56. The molecule has 1 aliphatic heterocycles. The topological polar surface area (TPSA) is 94.3 Å². The van der Waals surface area contributed by atoms with E-state index in [0.29, 0.717) is 38.3 Å². The van der Waals surface area contributed by atoms with Crippen LogP contribution in [0.25, 0.3) is 0 Å². The first kappa shape index (κ1) is 30.2. The molecule has 2 aromatic heterocycles. The molecule has 0 amide bonds. The number of hydrogen-bond acceptors (Lipinski definition) is 6. The van der Waals surface area contributed by atoms with Gasteiger partial charge in [-0.15, -0.1) is 0 Å². The van der Waals surface area contributed by atoms with Crippen molar-refractivity contribution in [1.29, 1.82) is 0 Å². The van der Waals surface area contributed by atoms with Crippen molar-refractivity contribution in [2.24, 2.45) is 12.8 Å². The first-order chi connectivity index (χ1) is 20.5. The smallest absolute Gasteiger partial charge is 0.363 e. The van der Waals surface area contributed by atoms with E-state index >= 15 is 0 Å². The van der Waals surface area contributed by atoms with Crippen molar-refractivity contribution < 1.29 is 17.6 Å². The lowest BCUT2D eigenvalue weighted by molar-refractivity contribution is -0.138. The predicted molar refractivity (Wildman–Crippen MR) is 154 cm³/mol. The van der Waals surface area contributed by atoms with Gasteiger partial charge in [0.05, 0.1) is 24.3 Å². The Morgan fingerprint density at radius 1 is 0.930 bits per heavy atom. The molecular weight excluding hydrogens is 566 g/mol. The molecule has 4 aromatic rings. The second kappa shape index (κ2) is 12.2. The first-order valence-corrected chi connectivity index (χ1v) is 13.9. The zero-order chi connectivity index (χ0) is 30.9. The molecular formula is C30H33F4N7O2. The highest BCUT2D eigenvalue weighted by molar-refractivity contribution is 5.50. The van der Waals surface area contributed by atoms with Gasteiger partial charge in [0.1, 0.15) is 11.5 Å². The third kappa shape index (κ3) is 6.27. The summed E-state index contributed by atoms with van der Waals surface area (Å²) in [7, 11) is 1.86. The van der Waals surface area contributed by atoms with Crippen molar-refractivity contribution in [3.05, 3.63) is 116 Å². The van der Waals surface area contributed by atoms with Gasteiger partial charge in [-0.25, -0.2) is 9.18 Å². The van der Waals surface area contributed by atoms with Crippen molar-refractivity contribution in [1.82, 2.24) is 23.8 Å². The number of hydrogen-bond donors (Lipinski definition) is 1. The number of benzene rings is 2. The number of anilines is 1. The van der Waals surface area contributed by atoms with Crippen molar-refractivity contribution in [3.8, 4) is 0 Å². The van der Waals surface area contributed by atoms with Crippen LogP contribution in [0.4, 0.5) is 23.2 Å². The van der Waals surface area contributed by atoms with Crippen LogP contribution in [0.15, 0.2) is 70.4 Å². The third-order valence-electron chi connectivity index (χ3n) is 8.00. The van der Waals surface area contributed by atoms with E-state index in [0.717, 1.165) is 33.0 Å². The van der Waals surface area contributed by atoms with Gasteiger partial charge in [0.15, 0.2) is 0 Å². The van der Waals surface area contributed by atoms with E-state index in [1.807, 2.05) is 18.0 Å². The molecule has 228 valence electrons. The molecule has 3 heterocycles. The lowest BCUT2D eigenvalue weighted by Gasteiger charge is -2.36. The first-order valence-electron chi connectivity index (χ1n) is 13.9. The van der Waals surface area contributed by atoms with Gasteiger partial charge in [0, 0.05) is 63.3 Å². The van der Waals surface area contributed by atoms with Gasteiger partial charge in [0.2, 0.25) is 0 Å². The summed E-state index contributed by atoms with van der Waals surface area (Å²) in [6.45, 7) is 3.31. The van der Waals surface area contributed by atoms with E-state index in [-0.39, 0.29) is 17.9 Å². The molecule has 1 fully saturated rings. The quantitative estimate of drug-likeness (QED) is 0.313. The Morgan fingerprint density at radius 3 is 2.26 bits per heavy atom. The number of aryl methyl sites for hydroxylation is 1. The van der Waals surface area contributed by atoms with E-state index in [9.17, 15) is 27.2 Å². The summed E-state index contributed by atoms with van der Waals surface area (Å²) in [4.78, 5) is 31.8. The molecule has 2 N–H and O–H groups in total. The normalized spacial score (nSPS) is 15.2. The van der Waals surface area contributed by atoms with E-state index < -0.39 is 47.0 Å². The molecule has 43 heavy (non-hydrogen) atoms. The Bertz CT molecular complexity index is 1700. The Balaban J connectivity index is 1.55. The van der Waals surface area contributed by atoms with Crippen LogP contribution in [-0.2, 0) is 32.9 Å². The van der Waals surface area contributed by atoms with Crippen LogP contribution in [-0.4, -0.2) is 50.0 Å². The van der Waals surface area contributed by atoms with Crippen LogP contribution >= 0.6 is 0 Å². The Morgan fingerprint density at radius 2 is 1.63 bits per heavy atom. The number of nitrogens with two attached hydrogens (primary N) is 1. The molecule has 13 heteroatoms. The van der Waals surface area contributed by atoms with E-state index in [1.54, 1.807) is 41.2 Å². The second-order valence-electron chi connectivity index (χ2n) is 10.7. The summed E-state index contributed by atoms with van der Waals surface area (Å²) in [5.41, 5.74) is 5.15. The SMILES string of the molecule is Cc1c(N2CCN(Cc3ccnn3C)CC2)c(=O)n(C[C@H](N)c2ccccc2)c(=O)n1Cc1c(F)cccc1C(F)(F)F. The average Bonchev–Trinajstić information content (AvgIpc) is 3.38. The van der Waals surface area contributed by atoms with Crippen LogP contribution in [0.3, 0.4) is 0 Å². The molecule has 1 aliphatic rings. The molecule has 1 saturated heterocycles. The maximum absolute atomic E-state index is 14.9. The third-order valence-corrected chi connectivity index (χ3v) is 8.00. The highest BCUT2D eigenvalue weighted by Crippen LogP contribution is 2.33. The molecule has 0 saturated carbocycles. The maximum atomic E-state index is 14.9. The lowest BCUT2D eigenvalue weighted by Crippen LogP contribution is -2.51. The zero-order valence-corrected chi connectivity index (χ0v) is 23.9. The maximum Gasteiger partial charge on any atom is 0.416 e. The molecule has 0 spiro atoms. The highest BCUT2D eigenvalue weighted by Gasteiger charge is 2.35. The van der Waals surface area contributed by atoms with Gasteiger partial charge in [0.25, 0.3) is 5.56 Å². The van der Waals surface area contributed by atoms with Crippen molar-refractivity contribution in [2.45, 2.75) is 38.8 Å². The van der Waals surface area contributed by atoms with Gasteiger partial charge in [-0.2, -0.15) is 18.3 Å². The summed E-state index contributed by atoms with van der Waals surface area (Å²) in [6.07, 6.45) is -3.12. The second-order valence-corrected chi connectivity index (χ2v) is 10.7. The summed E-state index contributed by atoms with van der Waals surface area (Å²) >= 11 is 0. The van der Waals surface area contributed by atoms with E-state index in [1.165, 1.54) is 6.92 Å². The average molecular weight is 600 g/mol. The van der Waals surface area contributed by atoms with Crippen molar-refractivity contribution in [3.63, 3.8) is 0 Å². The van der Waals surface area contributed by atoms with Gasteiger partial charge in [-0.3, -0.25) is 23.5 Å². The fourth-order valence-corrected chi connectivity index (χ4v) is 5.56. The van der Waals surface area contributed by atoms with E-state index in [2.05, 4.69) is 10.00 Å². The van der Waals surface area contributed by atoms with E-state index in [4.69, 9.17) is 5.73 Å². The van der Waals surface area contributed by atoms with Crippen LogP contribution in [0.1, 0.15) is 34.1 Å². The zero-order valence-electron chi connectivity index (χ0n) is 23.9. The van der Waals surface area contributed by atoms with Crippen molar-refractivity contribution in [2.75, 3.05) is 31.1 Å². The van der Waals surface area contributed by atoms with Gasteiger partial charge in [-0.1, -0.05) is 36.4 Å². The Hall–Kier alpha value is -4.23. The standard InChI is InChI=1S/C30H33F4N7O2/c1-20-27(39-15-13-38(14-16-39)17-22-11-12-36-37(22)2)28(42)41(19-26(35)21-7-4-3-5-8-21)29(43)40(20)18-23-24(30(32,33)34)9-6-10-25(23)31/h3-12,26H,13-19,35H2,1-2H3/t26-/m0/s1. The van der Waals surface area contributed by atoms with Crippen LogP contribution < -0.4 is 21.9 Å². The summed E-state index contributed by atoms with van der Waals surface area (Å²) in [6, 6.07) is 12.8. The molecule has 5 rings (SSSR count). The number of halogens is 4. The summed E-state index contributed by atoms with van der Waals surface area (Å²) < 4.78 is 60.3. The number of aromatic nitrogens is 4. The molecule has 0 bridgehead atoms. The van der Waals surface area contributed by atoms with Gasteiger partial charge in [-0.05, 0) is 30.7 Å². The van der Waals surface area contributed by atoms with Crippen molar-refractivity contribution >= 4 is 5.69 Å². The molecule has 0 radical (unpaired) electrons. The largest absolute Gasteiger partial charge is 0.416 e. The number of rotatable bonds is 8. The number of nitrogens with zero attached hydrogens (tertiary/aromatic N) is 6. The lowest BCUT2D eigenvalue weighted by atomic mass is 10.1. The Kier molecular flexibility index (Phi) is 8.56. The monoisotopic (exact) mass is 599 g/mol. The van der Waals surface area contributed by atoms with Gasteiger partial charge >= 0.3 is 11.9 Å². The van der Waals surface area contributed by atoms with Gasteiger partial charge < -0.3 is 10.6 Å². The fraction of sp³-hybridized carbons (Fsp3) is 0.367. The summed E-state index contributed by atoms with van der Waals surface area (Å²) in [5.74, 6) is -1.09. The molecule has 2 aromatic carbocycles. The minimum atomic E-state index is -4.84. The number of piperazine rings is 1. The van der Waals surface area contributed by atoms with Crippen LogP contribution in [0, 0.1) is 12.7 Å². The molecule has 9 nitrogen and oxygen atoms in total. The minimum Gasteiger partial charge on any atom is -0.363 e. The van der Waals surface area contributed by atoms with Crippen LogP contribution in [0.2, 0.25) is 0 Å². The predicted octanol–water partition coefficient (Wildman–Crippen LogP) is 3.28. The molecule has 0 unspecified atom stereocenters. The van der Waals surface area contributed by atoms with Crippen LogP contribution in [0.5, 0.6) is 0 Å². The number of alkyl halides is 3. The minimum absolute atomic E-state index is 0.163. The molecule has 0 aliphatic carbocycles. The highest BCUT2D eigenvalue weighted by atomic mass is 19.4. The summed E-state index contributed by atoms with van der Waals surface area (Å²) in [5, 5.41) is 4.20. The Labute approximate surface area is 245 Å².